The van der Waals surface area contributed by atoms with E-state index < -0.39 is 9.84 Å². The third-order valence-electron chi connectivity index (χ3n) is 4.04. The number of carbonyl (C=O) groups is 1. The van der Waals surface area contributed by atoms with Gasteiger partial charge in [0.25, 0.3) is 0 Å². The summed E-state index contributed by atoms with van der Waals surface area (Å²) in [7, 11) is -2.11. The van der Waals surface area contributed by atoms with E-state index in [1.54, 1.807) is 54.1 Å². The second kappa shape index (κ2) is 7.72. The molecule has 1 heterocycles. The molecule has 0 aliphatic rings. The van der Waals surface area contributed by atoms with Gasteiger partial charge in [-0.2, -0.15) is 0 Å². The van der Waals surface area contributed by atoms with Crippen molar-refractivity contribution in [2.24, 2.45) is 0 Å². The minimum Gasteiger partial charge on any atom is -0.383 e. The first kappa shape index (κ1) is 18.2. The number of ether oxygens (including phenoxy) is 1. The van der Waals surface area contributed by atoms with Gasteiger partial charge in [0, 0.05) is 30.8 Å². The lowest BCUT2D eigenvalue weighted by Crippen LogP contribution is -2.30. The first-order chi connectivity index (χ1) is 12.5. The molecule has 0 aliphatic heterocycles. The van der Waals surface area contributed by atoms with E-state index in [0.29, 0.717) is 24.1 Å². The van der Waals surface area contributed by atoms with E-state index in [1.807, 2.05) is 12.1 Å². The second-order valence-corrected chi connectivity index (χ2v) is 7.72. The standard InChI is InChI=1S/C19H20N2O4S/c1-25-12-11-20-19(22)14-21-13-18(16-9-5-6-10-17(16)21)26(23,24)15-7-3-2-4-8-15/h2-10,13H,11-12,14H2,1H3,(H,20,22). The van der Waals surface area contributed by atoms with Crippen LogP contribution in [-0.2, 0) is 25.9 Å². The number of fused-ring (bicyclic) bond motifs is 1. The first-order valence-corrected chi connectivity index (χ1v) is 9.66. The number of hydrogen-bond donors (Lipinski definition) is 1. The number of carbonyl (C=O) groups excluding carboxylic acids is 1. The molecule has 26 heavy (non-hydrogen) atoms. The zero-order chi connectivity index (χ0) is 18.6. The van der Waals surface area contributed by atoms with Gasteiger partial charge in [-0.05, 0) is 18.2 Å². The molecule has 3 aromatic rings. The minimum atomic E-state index is -3.67. The normalized spacial score (nSPS) is 11.6. The largest absolute Gasteiger partial charge is 0.383 e. The van der Waals surface area contributed by atoms with Crippen LogP contribution in [0, 0.1) is 0 Å². The van der Waals surface area contributed by atoms with E-state index in [9.17, 15) is 13.2 Å². The van der Waals surface area contributed by atoms with Crippen molar-refractivity contribution in [1.29, 1.82) is 0 Å². The molecule has 1 aromatic heterocycles. The molecule has 0 saturated heterocycles. The van der Waals surface area contributed by atoms with Gasteiger partial charge in [0.15, 0.2) is 0 Å². The van der Waals surface area contributed by atoms with E-state index in [0.717, 1.165) is 0 Å². The first-order valence-electron chi connectivity index (χ1n) is 8.17. The van der Waals surface area contributed by atoms with Crippen LogP contribution in [0.2, 0.25) is 0 Å². The third kappa shape index (κ3) is 3.63. The summed E-state index contributed by atoms with van der Waals surface area (Å²) in [5, 5.41) is 3.34. The number of aromatic nitrogens is 1. The summed E-state index contributed by atoms with van der Waals surface area (Å²) in [4.78, 5) is 12.6. The topological polar surface area (TPSA) is 77.4 Å². The molecule has 1 N–H and O–H groups in total. The molecular formula is C19H20N2O4S. The van der Waals surface area contributed by atoms with Crippen LogP contribution in [0.25, 0.3) is 10.9 Å². The zero-order valence-corrected chi connectivity index (χ0v) is 15.2. The summed E-state index contributed by atoms with van der Waals surface area (Å²) in [6.07, 6.45) is 1.53. The fourth-order valence-corrected chi connectivity index (χ4v) is 4.29. The van der Waals surface area contributed by atoms with Crippen molar-refractivity contribution in [2.75, 3.05) is 20.3 Å². The van der Waals surface area contributed by atoms with Crippen LogP contribution < -0.4 is 5.32 Å². The lowest BCUT2D eigenvalue weighted by atomic mass is 10.2. The summed E-state index contributed by atoms with van der Waals surface area (Å²) in [6.45, 7) is 0.865. The van der Waals surface area contributed by atoms with Crippen LogP contribution in [0.1, 0.15) is 0 Å². The van der Waals surface area contributed by atoms with Gasteiger partial charge in [-0.1, -0.05) is 36.4 Å². The van der Waals surface area contributed by atoms with E-state index in [1.165, 1.54) is 6.20 Å². The highest BCUT2D eigenvalue weighted by molar-refractivity contribution is 7.91. The van der Waals surface area contributed by atoms with Gasteiger partial charge < -0.3 is 14.6 Å². The molecule has 1 amide bonds. The summed E-state index contributed by atoms with van der Waals surface area (Å²) in [5.41, 5.74) is 0.698. The number of hydrogen-bond acceptors (Lipinski definition) is 4. The van der Waals surface area contributed by atoms with Crippen LogP contribution in [0.15, 0.2) is 70.6 Å². The van der Waals surface area contributed by atoms with Crippen molar-refractivity contribution in [2.45, 2.75) is 16.3 Å². The number of para-hydroxylation sites is 1. The predicted molar refractivity (Wildman–Crippen MR) is 98.7 cm³/mol. The third-order valence-corrected chi connectivity index (χ3v) is 5.83. The van der Waals surface area contributed by atoms with E-state index in [4.69, 9.17) is 4.74 Å². The average Bonchev–Trinajstić information content (AvgIpc) is 3.02. The summed E-state index contributed by atoms with van der Waals surface area (Å²) in [6, 6.07) is 15.5. The van der Waals surface area contributed by atoms with E-state index in [2.05, 4.69) is 5.32 Å². The van der Waals surface area contributed by atoms with Crippen LogP contribution in [0.5, 0.6) is 0 Å². The summed E-state index contributed by atoms with van der Waals surface area (Å²) < 4.78 is 32.6. The number of amides is 1. The quantitative estimate of drug-likeness (QED) is 0.645. The highest BCUT2D eigenvalue weighted by Gasteiger charge is 2.23. The Hall–Kier alpha value is -2.64. The van der Waals surface area contributed by atoms with Crippen molar-refractivity contribution in [3.63, 3.8) is 0 Å². The van der Waals surface area contributed by atoms with Crippen LogP contribution in [-0.4, -0.2) is 39.2 Å². The summed E-state index contributed by atoms with van der Waals surface area (Å²) >= 11 is 0. The second-order valence-electron chi connectivity index (χ2n) is 5.80. The lowest BCUT2D eigenvalue weighted by Gasteiger charge is -2.06. The molecule has 0 aliphatic carbocycles. The van der Waals surface area contributed by atoms with Gasteiger partial charge in [0.1, 0.15) is 6.54 Å². The lowest BCUT2D eigenvalue weighted by molar-refractivity contribution is -0.121. The Morgan fingerprint density at radius 3 is 2.50 bits per heavy atom. The van der Waals surface area contributed by atoms with Gasteiger partial charge in [0.2, 0.25) is 15.7 Å². The molecule has 0 saturated carbocycles. The van der Waals surface area contributed by atoms with Crippen molar-refractivity contribution >= 4 is 26.6 Å². The molecule has 136 valence electrons. The Morgan fingerprint density at radius 1 is 1.08 bits per heavy atom. The Balaban J connectivity index is 1.99. The molecule has 0 fully saturated rings. The summed E-state index contributed by atoms with van der Waals surface area (Å²) in [5.74, 6) is -0.202. The van der Waals surface area contributed by atoms with E-state index >= 15 is 0 Å². The predicted octanol–water partition coefficient (Wildman–Crippen LogP) is 2.24. The fraction of sp³-hybridized carbons (Fsp3) is 0.211. The Morgan fingerprint density at radius 2 is 1.77 bits per heavy atom. The molecule has 0 atom stereocenters. The SMILES string of the molecule is COCCNC(=O)Cn1cc(S(=O)(=O)c2ccccc2)c2ccccc21. The maximum absolute atomic E-state index is 13.0. The molecule has 7 heteroatoms. The fourth-order valence-electron chi connectivity index (χ4n) is 2.79. The zero-order valence-electron chi connectivity index (χ0n) is 14.4. The monoisotopic (exact) mass is 372 g/mol. The molecule has 3 rings (SSSR count). The van der Waals surface area contributed by atoms with Gasteiger partial charge in [-0.15, -0.1) is 0 Å². The van der Waals surface area contributed by atoms with E-state index in [-0.39, 0.29) is 22.2 Å². The molecular weight excluding hydrogens is 352 g/mol. The Kier molecular flexibility index (Phi) is 5.39. The van der Waals surface area contributed by atoms with Gasteiger partial charge in [-0.25, -0.2) is 8.42 Å². The molecule has 0 bridgehead atoms. The number of sulfone groups is 1. The number of nitrogens with one attached hydrogen (secondary N) is 1. The van der Waals surface area contributed by atoms with Crippen molar-refractivity contribution in [3.8, 4) is 0 Å². The molecule has 0 unspecified atom stereocenters. The number of benzene rings is 2. The van der Waals surface area contributed by atoms with Crippen LogP contribution in [0.3, 0.4) is 0 Å². The number of methoxy groups -OCH3 is 1. The minimum absolute atomic E-state index is 0.0362. The molecule has 0 radical (unpaired) electrons. The Labute approximate surface area is 152 Å². The highest BCUT2D eigenvalue weighted by Crippen LogP contribution is 2.30. The van der Waals surface area contributed by atoms with Gasteiger partial charge in [-0.3, -0.25) is 4.79 Å². The van der Waals surface area contributed by atoms with Gasteiger partial charge >= 0.3 is 0 Å². The molecule has 6 nitrogen and oxygen atoms in total. The highest BCUT2D eigenvalue weighted by atomic mass is 32.2. The number of rotatable bonds is 7. The van der Waals surface area contributed by atoms with Crippen molar-refractivity contribution < 1.29 is 17.9 Å². The number of nitrogens with zero attached hydrogens (tertiary/aromatic N) is 1. The Bertz CT molecular complexity index is 1010. The van der Waals surface area contributed by atoms with Crippen LogP contribution >= 0.6 is 0 Å². The van der Waals surface area contributed by atoms with Crippen molar-refractivity contribution in [3.05, 3.63) is 60.8 Å². The van der Waals surface area contributed by atoms with Gasteiger partial charge in [0.05, 0.1) is 16.4 Å². The maximum Gasteiger partial charge on any atom is 0.240 e. The smallest absolute Gasteiger partial charge is 0.240 e. The van der Waals surface area contributed by atoms with Crippen molar-refractivity contribution in [1.82, 2.24) is 9.88 Å². The molecule has 0 spiro atoms. The average molecular weight is 372 g/mol. The molecule has 2 aromatic carbocycles. The maximum atomic E-state index is 13.0. The van der Waals surface area contributed by atoms with Crippen LogP contribution in [0.4, 0.5) is 0 Å².